The fourth-order valence-electron chi connectivity index (χ4n) is 2.96. The minimum atomic E-state index is -0.749. The Kier molecular flexibility index (Phi) is 7.60. The summed E-state index contributed by atoms with van der Waals surface area (Å²) in [5, 5.41) is 1.87. The van der Waals surface area contributed by atoms with Crippen molar-refractivity contribution in [3.63, 3.8) is 0 Å². The summed E-state index contributed by atoms with van der Waals surface area (Å²) in [4.78, 5) is 27.4. The van der Waals surface area contributed by atoms with Gasteiger partial charge >= 0.3 is 5.97 Å². The first-order valence-corrected chi connectivity index (χ1v) is 9.17. The maximum atomic E-state index is 13.3. The van der Waals surface area contributed by atoms with Crippen LogP contribution in [0.2, 0.25) is 0 Å². The molecule has 0 spiro atoms. The number of benzene rings is 2. The van der Waals surface area contributed by atoms with Gasteiger partial charge in [-0.2, -0.15) is 0 Å². The summed E-state index contributed by atoms with van der Waals surface area (Å²) in [6.07, 6.45) is 0.735. The Morgan fingerprint density at radius 1 is 1.00 bits per heavy atom. The van der Waals surface area contributed by atoms with E-state index in [1.54, 1.807) is 17.9 Å². The maximum absolute atomic E-state index is 13.3. The zero-order chi connectivity index (χ0) is 18.9. The summed E-state index contributed by atoms with van der Waals surface area (Å²) < 4.78 is 10.7. The molecule has 0 aliphatic heterocycles. The van der Waals surface area contributed by atoms with E-state index in [1.807, 2.05) is 50.2 Å². The van der Waals surface area contributed by atoms with Crippen LogP contribution in [-0.2, 0) is 14.3 Å². The fraction of sp³-hybridized carbons (Fsp3) is 0.429. The first-order valence-electron chi connectivity index (χ1n) is 9.17. The summed E-state index contributed by atoms with van der Waals surface area (Å²) in [6.45, 7) is 6.92. The van der Waals surface area contributed by atoms with Crippen molar-refractivity contribution in [1.29, 1.82) is 0 Å². The molecule has 5 heteroatoms. The van der Waals surface area contributed by atoms with Crippen molar-refractivity contribution in [2.45, 2.75) is 33.2 Å². The monoisotopic (exact) mass is 357 g/mol. The standard InChI is InChI=1S/C21H27NO4/c1-4-14-22(19(15-25-5-2)21(24)26-6-3)20(23)18-13-9-11-16-10-7-8-12-17(16)18/h7-13,19H,4-6,14-15H2,1-3H3. The van der Waals surface area contributed by atoms with E-state index in [1.165, 1.54) is 0 Å². The predicted molar refractivity (Wildman–Crippen MR) is 102 cm³/mol. The van der Waals surface area contributed by atoms with Gasteiger partial charge in [0.1, 0.15) is 0 Å². The van der Waals surface area contributed by atoms with Crippen LogP contribution in [0.3, 0.4) is 0 Å². The molecule has 0 bridgehead atoms. The second-order valence-electron chi connectivity index (χ2n) is 5.95. The molecule has 0 heterocycles. The first-order chi connectivity index (χ1) is 12.6. The van der Waals surface area contributed by atoms with Crippen LogP contribution in [0.25, 0.3) is 10.8 Å². The molecule has 0 aliphatic rings. The Labute approximate surface area is 154 Å². The van der Waals surface area contributed by atoms with E-state index in [-0.39, 0.29) is 19.1 Å². The second kappa shape index (κ2) is 9.92. The van der Waals surface area contributed by atoms with Gasteiger partial charge in [0.2, 0.25) is 0 Å². The summed E-state index contributed by atoms with van der Waals surface area (Å²) in [5.41, 5.74) is 0.586. The number of esters is 1. The lowest BCUT2D eigenvalue weighted by molar-refractivity contribution is -0.150. The number of carbonyl (C=O) groups is 2. The Bertz CT molecular complexity index is 738. The molecule has 1 atom stereocenters. The highest BCUT2D eigenvalue weighted by Gasteiger charge is 2.32. The van der Waals surface area contributed by atoms with E-state index in [4.69, 9.17) is 9.47 Å². The number of rotatable bonds is 9. The van der Waals surface area contributed by atoms with Crippen LogP contribution in [0.1, 0.15) is 37.6 Å². The van der Waals surface area contributed by atoms with Gasteiger partial charge in [-0.25, -0.2) is 4.79 Å². The lowest BCUT2D eigenvalue weighted by atomic mass is 10.0. The highest BCUT2D eigenvalue weighted by Crippen LogP contribution is 2.21. The molecule has 1 unspecified atom stereocenters. The lowest BCUT2D eigenvalue weighted by Gasteiger charge is -2.30. The molecule has 0 saturated carbocycles. The molecule has 0 aromatic heterocycles. The van der Waals surface area contributed by atoms with Gasteiger partial charge in [0.15, 0.2) is 6.04 Å². The third-order valence-corrected chi connectivity index (χ3v) is 4.16. The van der Waals surface area contributed by atoms with E-state index in [0.29, 0.717) is 18.7 Å². The SMILES string of the molecule is CCCN(C(=O)c1cccc2ccccc12)C(COCC)C(=O)OCC. The highest BCUT2D eigenvalue weighted by molar-refractivity contribution is 6.08. The molecule has 2 aromatic carbocycles. The first kappa shape index (κ1) is 19.9. The Balaban J connectivity index is 2.41. The van der Waals surface area contributed by atoms with Crippen molar-refractivity contribution in [2.24, 2.45) is 0 Å². The van der Waals surface area contributed by atoms with Crippen LogP contribution in [0.5, 0.6) is 0 Å². The van der Waals surface area contributed by atoms with Crippen LogP contribution in [0.4, 0.5) is 0 Å². The number of hydrogen-bond donors (Lipinski definition) is 0. The molecule has 26 heavy (non-hydrogen) atoms. The Morgan fingerprint density at radius 2 is 1.73 bits per heavy atom. The lowest BCUT2D eigenvalue weighted by Crippen LogP contribution is -2.49. The summed E-state index contributed by atoms with van der Waals surface area (Å²) in [6, 6.07) is 12.6. The summed E-state index contributed by atoms with van der Waals surface area (Å²) in [7, 11) is 0. The number of fused-ring (bicyclic) bond motifs is 1. The van der Waals surface area contributed by atoms with Gasteiger partial charge in [-0.05, 0) is 37.1 Å². The molecule has 1 amide bonds. The van der Waals surface area contributed by atoms with Gasteiger partial charge in [-0.15, -0.1) is 0 Å². The van der Waals surface area contributed by atoms with Crippen LogP contribution < -0.4 is 0 Å². The highest BCUT2D eigenvalue weighted by atomic mass is 16.5. The van der Waals surface area contributed by atoms with Crippen LogP contribution in [-0.4, -0.2) is 49.2 Å². The largest absolute Gasteiger partial charge is 0.464 e. The summed E-state index contributed by atoms with van der Waals surface area (Å²) >= 11 is 0. The number of hydrogen-bond acceptors (Lipinski definition) is 4. The molecular formula is C21H27NO4. The number of nitrogens with zero attached hydrogens (tertiary/aromatic N) is 1. The molecule has 0 saturated heterocycles. The molecule has 0 fully saturated rings. The van der Waals surface area contributed by atoms with E-state index < -0.39 is 12.0 Å². The van der Waals surface area contributed by atoms with Crippen molar-refractivity contribution in [3.05, 3.63) is 48.0 Å². The maximum Gasteiger partial charge on any atom is 0.331 e. The van der Waals surface area contributed by atoms with Gasteiger partial charge in [0.25, 0.3) is 5.91 Å². The number of ether oxygens (including phenoxy) is 2. The molecule has 2 aromatic rings. The van der Waals surface area contributed by atoms with Crippen LogP contribution >= 0.6 is 0 Å². The van der Waals surface area contributed by atoms with Crippen molar-refractivity contribution < 1.29 is 19.1 Å². The van der Waals surface area contributed by atoms with Gasteiger partial charge in [0, 0.05) is 18.7 Å². The molecular weight excluding hydrogens is 330 g/mol. The molecule has 5 nitrogen and oxygen atoms in total. The van der Waals surface area contributed by atoms with Crippen LogP contribution in [0.15, 0.2) is 42.5 Å². The van der Waals surface area contributed by atoms with Crippen molar-refractivity contribution in [2.75, 3.05) is 26.4 Å². The fourth-order valence-corrected chi connectivity index (χ4v) is 2.96. The van der Waals surface area contributed by atoms with Crippen molar-refractivity contribution in [3.8, 4) is 0 Å². The molecule has 2 rings (SSSR count). The van der Waals surface area contributed by atoms with Gasteiger partial charge in [-0.3, -0.25) is 4.79 Å². The predicted octanol–water partition coefficient (Wildman–Crippen LogP) is 3.66. The van der Waals surface area contributed by atoms with E-state index in [0.717, 1.165) is 17.2 Å². The van der Waals surface area contributed by atoms with Crippen molar-refractivity contribution in [1.82, 2.24) is 4.90 Å². The third-order valence-electron chi connectivity index (χ3n) is 4.16. The third kappa shape index (κ3) is 4.61. The molecule has 0 aliphatic carbocycles. The Hall–Kier alpha value is -2.40. The second-order valence-corrected chi connectivity index (χ2v) is 5.95. The molecule has 140 valence electrons. The van der Waals surface area contributed by atoms with Gasteiger partial charge in [-0.1, -0.05) is 43.3 Å². The Morgan fingerprint density at radius 3 is 2.42 bits per heavy atom. The zero-order valence-corrected chi connectivity index (χ0v) is 15.7. The van der Waals surface area contributed by atoms with Gasteiger partial charge in [0.05, 0.1) is 13.2 Å². The zero-order valence-electron chi connectivity index (χ0n) is 15.7. The minimum absolute atomic E-state index is 0.131. The quantitative estimate of drug-likeness (QED) is 0.643. The number of carbonyl (C=O) groups excluding carboxylic acids is 2. The number of amides is 1. The van der Waals surface area contributed by atoms with Crippen LogP contribution in [0, 0.1) is 0 Å². The normalized spacial score (nSPS) is 12.0. The van der Waals surface area contributed by atoms with E-state index in [2.05, 4.69) is 0 Å². The van der Waals surface area contributed by atoms with Crippen molar-refractivity contribution >= 4 is 22.6 Å². The van der Waals surface area contributed by atoms with Gasteiger partial charge < -0.3 is 14.4 Å². The summed E-state index contributed by atoms with van der Waals surface area (Å²) in [5.74, 6) is -0.607. The van der Waals surface area contributed by atoms with E-state index >= 15 is 0 Å². The average Bonchev–Trinajstić information content (AvgIpc) is 2.66. The minimum Gasteiger partial charge on any atom is -0.464 e. The molecule has 0 N–H and O–H groups in total. The molecule has 0 radical (unpaired) electrons. The van der Waals surface area contributed by atoms with E-state index in [9.17, 15) is 9.59 Å². The average molecular weight is 357 g/mol. The smallest absolute Gasteiger partial charge is 0.331 e. The topological polar surface area (TPSA) is 55.8 Å².